The molecule has 1 N–H and O–H groups in total. The first kappa shape index (κ1) is 12.0. The van der Waals surface area contributed by atoms with E-state index in [0.29, 0.717) is 0 Å². The van der Waals surface area contributed by atoms with E-state index in [2.05, 4.69) is 14.7 Å². The Morgan fingerprint density at radius 3 is 3.00 bits per heavy atom. The summed E-state index contributed by atoms with van der Waals surface area (Å²) in [5.74, 6) is -0.244. The van der Waals surface area contributed by atoms with Gasteiger partial charge in [-0.1, -0.05) is 17.8 Å². The zero-order chi connectivity index (χ0) is 12.4. The molecule has 0 aliphatic heterocycles. The molecule has 0 fully saturated rings. The van der Waals surface area contributed by atoms with Crippen molar-refractivity contribution in [3.63, 3.8) is 0 Å². The van der Waals surface area contributed by atoms with Crippen molar-refractivity contribution in [2.75, 3.05) is 7.11 Å². The van der Waals surface area contributed by atoms with E-state index in [1.807, 2.05) is 25.1 Å². The fourth-order valence-electron chi connectivity index (χ4n) is 1.54. The number of methoxy groups -OCH3 is 1. The Hall–Kier alpha value is -1.49. The first-order chi connectivity index (χ1) is 8.10. The van der Waals surface area contributed by atoms with Gasteiger partial charge in [0, 0.05) is 0 Å². The van der Waals surface area contributed by atoms with E-state index in [-0.39, 0.29) is 11.2 Å². The molecule has 17 heavy (non-hydrogen) atoms. The van der Waals surface area contributed by atoms with Gasteiger partial charge in [0.1, 0.15) is 5.25 Å². The van der Waals surface area contributed by atoms with Crippen LogP contribution in [0.2, 0.25) is 0 Å². The first-order valence-corrected chi connectivity index (χ1v) is 6.19. The Bertz CT molecular complexity index is 550. The Kier molecular flexibility index (Phi) is 3.38. The highest BCUT2D eigenvalue weighted by atomic mass is 32.2. The second kappa shape index (κ2) is 4.79. The maximum absolute atomic E-state index is 11.3. The normalized spacial score (nSPS) is 12.6. The third-order valence-corrected chi connectivity index (χ3v) is 3.40. The number of hydrogen-bond acceptors (Lipinski definition) is 4. The Morgan fingerprint density at radius 1 is 1.53 bits per heavy atom. The molecule has 0 aliphatic carbocycles. The minimum Gasteiger partial charge on any atom is -0.468 e. The summed E-state index contributed by atoms with van der Waals surface area (Å²) in [5.41, 5.74) is 3.08. The molecule has 1 aromatic carbocycles. The molecule has 1 heterocycles. The SMILES string of the molecule is COC(=O)[C@@H](C)Sc1nc2ccc(C)cc2[nH]1. The quantitative estimate of drug-likeness (QED) is 0.672. The van der Waals surface area contributed by atoms with E-state index in [9.17, 15) is 4.79 Å². The number of carbonyl (C=O) groups is 1. The number of nitrogens with one attached hydrogen (secondary N) is 1. The van der Waals surface area contributed by atoms with Gasteiger partial charge in [0.05, 0.1) is 18.1 Å². The lowest BCUT2D eigenvalue weighted by molar-refractivity contribution is -0.139. The van der Waals surface area contributed by atoms with Crippen molar-refractivity contribution in [1.29, 1.82) is 0 Å². The van der Waals surface area contributed by atoms with Crippen LogP contribution in [-0.4, -0.2) is 28.3 Å². The minimum absolute atomic E-state index is 0.244. The predicted octanol–water partition coefficient (Wildman–Crippen LogP) is 2.52. The van der Waals surface area contributed by atoms with Gasteiger partial charge in [-0.05, 0) is 31.5 Å². The van der Waals surface area contributed by atoms with Gasteiger partial charge in [0.15, 0.2) is 5.16 Å². The molecule has 2 aromatic rings. The lowest BCUT2D eigenvalue weighted by Crippen LogP contribution is -2.14. The third kappa shape index (κ3) is 2.61. The molecule has 90 valence electrons. The lowest BCUT2D eigenvalue weighted by Gasteiger charge is -2.05. The number of thioether (sulfide) groups is 1. The average Bonchev–Trinajstić information content (AvgIpc) is 2.69. The number of esters is 1. The Balaban J connectivity index is 2.22. The number of aryl methyl sites for hydroxylation is 1. The Morgan fingerprint density at radius 2 is 2.29 bits per heavy atom. The van der Waals surface area contributed by atoms with Gasteiger partial charge in [0.25, 0.3) is 0 Å². The summed E-state index contributed by atoms with van der Waals surface area (Å²) in [7, 11) is 1.39. The van der Waals surface area contributed by atoms with Crippen molar-refractivity contribution in [2.45, 2.75) is 24.3 Å². The number of H-pyrrole nitrogens is 1. The molecule has 0 aliphatic rings. The summed E-state index contributed by atoms with van der Waals surface area (Å²) in [6.07, 6.45) is 0. The van der Waals surface area contributed by atoms with Crippen LogP contribution in [0.1, 0.15) is 12.5 Å². The van der Waals surface area contributed by atoms with E-state index in [1.54, 1.807) is 6.92 Å². The van der Waals surface area contributed by atoms with Crippen molar-refractivity contribution in [3.05, 3.63) is 23.8 Å². The number of nitrogens with zero attached hydrogens (tertiary/aromatic N) is 1. The van der Waals surface area contributed by atoms with Crippen LogP contribution in [0.3, 0.4) is 0 Å². The number of fused-ring (bicyclic) bond motifs is 1. The molecular formula is C12H14N2O2S. The summed E-state index contributed by atoms with van der Waals surface area (Å²) in [6, 6.07) is 6.02. The van der Waals surface area contributed by atoms with E-state index in [0.717, 1.165) is 16.2 Å². The van der Waals surface area contributed by atoms with Crippen LogP contribution < -0.4 is 0 Å². The van der Waals surface area contributed by atoms with E-state index >= 15 is 0 Å². The molecule has 0 unspecified atom stereocenters. The maximum atomic E-state index is 11.3. The second-order valence-electron chi connectivity index (χ2n) is 3.85. The molecule has 5 heteroatoms. The van der Waals surface area contributed by atoms with Crippen LogP contribution in [0.5, 0.6) is 0 Å². The highest BCUT2D eigenvalue weighted by Gasteiger charge is 2.16. The minimum atomic E-state index is -0.262. The number of aromatic nitrogens is 2. The molecule has 4 nitrogen and oxygen atoms in total. The molecule has 1 aromatic heterocycles. The van der Waals surface area contributed by atoms with Crippen molar-refractivity contribution >= 4 is 28.8 Å². The van der Waals surface area contributed by atoms with Gasteiger partial charge < -0.3 is 9.72 Å². The Labute approximate surface area is 104 Å². The average molecular weight is 250 g/mol. The standard InChI is InChI=1S/C12H14N2O2S/c1-7-4-5-9-10(6-7)14-12(13-9)17-8(2)11(15)16-3/h4-6,8H,1-3H3,(H,13,14)/t8-/m1/s1. The summed E-state index contributed by atoms with van der Waals surface area (Å²) < 4.78 is 4.68. The van der Waals surface area contributed by atoms with Gasteiger partial charge in [-0.3, -0.25) is 4.79 Å². The van der Waals surface area contributed by atoms with Gasteiger partial charge in [-0.2, -0.15) is 0 Å². The summed E-state index contributed by atoms with van der Waals surface area (Å²) in [5, 5.41) is 0.477. The topological polar surface area (TPSA) is 55.0 Å². The second-order valence-corrected chi connectivity index (χ2v) is 5.18. The van der Waals surface area contributed by atoms with Crippen LogP contribution >= 0.6 is 11.8 Å². The van der Waals surface area contributed by atoms with Crippen LogP contribution in [0.4, 0.5) is 0 Å². The van der Waals surface area contributed by atoms with Gasteiger partial charge in [0.2, 0.25) is 0 Å². The first-order valence-electron chi connectivity index (χ1n) is 5.31. The number of imidazole rings is 1. The number of carbonyl (C=O) groups excluding carboxylic acids is 1. The number of aromatic amines is 1. The van der Waals surface area contributed by atoms with E-state index in [1.165, 1.54) is 24.4 Å². The van der Waals surface area contributed by atoms with Crippen molar-refractivity contribution in [1.82, 2.24) is 9.97 Å². The lowest BCUT2D eigenvalue weighted by atomic mass is 10.2. The van der Waals surface area contributed by atoms with Gasteiger partial charge in [-0.15, -0.1) is 0 Å². The summed E-state index contributed by atoms with van der Waals surface area (Å²) >= 11 is 1.37. The highest BCUT2D eigenvalue weighted by molar-refractivity contribution is 8.00. The van der Waals surface area contributed by atoms with Gasteiger partial charge in [-0.25, -0.2) is 4.98 Å². The summed E-state index contributed by atoms with van der Waals surface area (Å²) in [4.78, 5) is 18.9. The number of hydrogen-bond donors (Lipinski definition) is 1. The zero-order valence-electron chi connectivity index (χ0n) is 9.98. The molecular weight excluding hydrogens is 236 g/mol. The third-order valence-electron chi connectivity index (χ3n) is 2.44. The van der Waals surface area contributed by atoms with E-state index in [4.69, 9.17) is 0 Å². The summed E-state index contributed by atoms with van der Waals surface area (Å²) in [6.45, 7) is 3.83. The molecule has 1 atom stereocenters. The number of rotatable bonds is 3. The highest BCUT2D eigenvalue weighted by Crippen LogP contribution is 2.24. The number of ether oxygens (including phenoxy) is 1. The van der Waals surface area contributed by atoms with E-state index < -0.39 is 0 Å². The molecule has 0 amide bonds. The molecule has 0 radical (unpaired) electrons. The van der Waals surface area contributed by atoms with Crippen LogP contribution in [-0.2, 0) is 9.53 Å². The maximum Gasteiger partial charge on any atom is 0.318 e. The van der Waals surface area contributed by atoms with Crippen LogP contribution in [0.15, 0.2) is 23.4 Å². The molecule has 0 bridgehead atoms. The van der Waals surface area contributed by atoms with Crippen LogP contribution in [0.25, 0.3) is 11.0 Å². The molecule has 0 spiro atoms. The fourth-order valence-corrected chi connectivity index (χ4v) is 2.38. The van der Waals surface area contributed by atoms with Crippen molar-refractivity contribution < 1.29 is 9.53 Å². The smallest absolute Gasteiger partial charge is 0.318 e. The molecule has 2 rings (SSSR count). The van der Waals surface area contributed by atoms with Crippen LogP contribution in [0, 0.1) is 6.92 Å². The fraction of sp³-hybridized carbons (Fsp3) is 0.333. The monoisotopic (exact) mass is 250 g/mol. The largest absolute Gasteiger partial charge is 0.468 e. The predicted molar refractivity (Wildman–Crippen MR) is 68.2 cm³/mol. The number of benzene rings is 1. The molecule has 0 saturated carbocycles. The van der Waals surface area contributed by atoms with Crippen molar-refractivity contribution in [2.24, 2.45) is 0 Å². The van der Waals surface area contributed by atoms with Gasteiger partial charge >= 0.3 is 5.97 Å². The van der Waals surface area contributed by atoms with Crippen molar-refractivity contribution in [3.8, 4) is 0 Å². The molecule has 0 saturated heterocycles. The zero-order valence-corrected chi connectivity index (χ0v) is 10.8.